The van der Waals surface area contributed by atoms with Crippen molar-refractivity contribution in [2.24, 2.45) is 0 Å². The molecule has 1 aromatic rings. The van der Waals surface area contributed by atoms with Crippen LogP contribution in [0.4, 0.5) is 5.82 Å². The van der Waals surface area contributed by atoms with E-state index in [0.717, 1.165) is 5.69 Å². The molecular weight excluding hydrogens is 244 g/mol. The van der Waals surface area contributed by atoms with Crippen LogP contribution in [0.2, 0.25) is 0 Å². The van der Waals surface area contributed by atoms with Crippen molar-refractivity contribution in [2.75, 3.05) is 18.5 Å². The van der Waals surface area contributed by atoms with Gasteiger partial charge in [0.15, 0.2) is 0 Å². The van der Waals surface area contributed by atoms with E-state index < -0.39 is 5.97 Å². The molecule has 1 aromatic heterocycles. The number of ether oxygens (including phenoxy) is 1. The van der Waals surface area contributed by atoms with Crippen LogP contribution in [0.1, 0.15) is 49.7 Å². The minimum absolute atomic E-state index is 0.186. The highest BCUT2D eigenvalue weighted by Crippen LogP contribution is 2.17. The largest absolute Gasteiger partial charge is 0.478 e. The van der Waals surface area contributed by atoms with Crippen molar-refractivity contribution in [2.45, 2.75) is 39.7 Å². The van der Waals surface area contributed by atoms with Crippen molar-refractivity contribution in [3.63, 3.8) is 0 Å². The Bertz CT molecular complexity index is 431. The van der Waals surface area contributed by atoms with Gasteiger partial charge in [-0.3, -0.25) is 0 Å². The van der Waals surface area contributed by atoms with Gasteiger partial charge in [0, 0.05) is 12.2 Å². The molecule has 0 bridgehead atoms. The van der Waals surface area contributed by atoms with Crippen LogP contribution >= 0.6 is 0 Å². The number of nitrogens with zero attached hydrogens (tertiary/aromatic N) is 1. The van der Waals surface area contributed by atoms with Gasteiger partial charge in [-0.15, -0.1) is 0 Å². The van der Waals surface area contributed by atoms with Gasteiger partial charge in [0.2, 0.25) is 0 Å². The average Bonchev–Trinajstić information content (AvgIpc) is 2.34. The molecule has 0 unspecified atom stereocenters. The summed E-state index contributed by atoms with van der Waals surface area (Å²) in [6.07, 6.45) is 0.186. The van der Waals surface area contributed by atoms with Gasteiger partial charge in [0.25, 0.3) is 0 Å². The molecule has 0 saturated carbocycles. The first kappa shape index (κ1) is 15.4. The fourth-order valence-electron chi connectivity index (χ4n) is 1.54. The van der Waals surface area contributed by atoms with Crippen LogP contribution in [0.25, 0.3) is 0 Å². The maximum atomic E-state index is 11.1. The fourth-order valence-corrected chi connectivity index (χ4v) is 1.54. The summed E-state index contributed by atoms with van der Waals surface area (Å²) in [5.41, 5.74) is 1.03. The molecular formula is C14H22N2O3. The smallest absolute Gasteiger partial charge is 0.335 e. The number of aromatic carboxylic acids is 1. The molecule has 0 aliphatic rings. The molecule has 0 saturated heterocycles. The number of carboxylic acids is 1. The normalized spacial score (nSPS) is 11.1. The Morgan fingerprint density at radius 1 is 1.37 bits per heavy atom. The van der Waals surface area contributed by atoms with Crippen molar-refractivity contribution in [1.82, 2.24) is 4.98 Å². The molecule has 0 atom stereocenters. The van der Waals surface area contributed by atoms with E-state index in [0.29, 0.717) is 19.0 Å². The monoisotopic (exact) mass is 266 g/mol. The number of hydrogen-bond donors (Lipinski definition) is 2. The summed E-state index contributed by atoms with van der Waals surface area (Å²) in [4.78, 5) is 15.5. The van der Waals surface area contributed by atoms with Crippen LogP contribution in [-0.4, -0.2) is 35.3 Å². The van der Waals surface area contributed by atoms with E-state index in [2.05, 4.69) is 10.3 Å². The number of carboxylic acid groups (broad SMARTS) is 1. The molecule has 0 radical (unpaired) electrons. The van der Waals surface area contributed by atoms with Crippen molar-refractivity contribution in [3.05, 3.63) is 23.4 Å². The van der Waals surface area contributed by atoms with Crippen molar-refractivity contribution < 1.29 is 14.6 Å². The fraction of sp³-hybridized carbons (Fsp3) is 0.571. The first-order valence-corrected chi connectivity index (χ1v) is 6.51. The second kappa shape index (κ2) is 7.09. The van der Waals surface area contributed by atoms with E-state index in [1.807, 2.05) is 27.7 Å². The van der Waals surface area contributed by atoms with Gasteiger partial charge in [-0.2, -0.15) is 0 Å². The Balaban J connectivity index is 2.73. The minimum atomic E-state index is -0.939. The Labute approximate surface area is 114 Å². The molecule has 19 heavy (non-hydrogen) atoms. The van der Waals surface area contributed by atoms with Gasteiger partial charge in [0.1, 0.15) is 5.82 Å². The molecule has 0 spiro atoms. The third kappa shape index (κ3) is 5.26. The molecule has 0 aromatic carbocycles. The zero-order valence-electron chi connectivity index (χ0n) is 11.9. The third-order valence-electron chi connectivity index (χ3n) is 2.54. The number of nitrogens with one attached hydrogen (secondary N) is 1. The molecule has 0 fully saturated rings. The molecule has 106 valence electrons. The van der Waals surface area contributed by atoms with Crippen LogP contribution in [0, 0.1) is 0 Å². The van der Waals surface area contributed by atoms with Crippen molar-refractivity contribution in [1.29, 1.82) is 0 Å². The second-order valence-electron chi connectivity index (χ2n) is 4.97. The lowest BCUT2D eigenvalue weighted by atomic mass is 10.1. The number of aromatic nitrogens is 1. The summed E-state index contributed by atoms with van der Waals surface area (Å²) in [7, 11) is 0. The Morgan fingerprint density at radius 3 is 2.58 bits per heavy atom. The molecule has 1 heterocycles. The maximum Gasteiger partial charge on any atom is 0.335 e. The van der Waals surface area contributed by atoms with Crippen LogP contribution in [0.15, 0.2) is 12.1 Å². The first-order valence-electron chi connectivity index (χ1n) is 6.51. The standard InChI is InChI=1S/C14H22N2O3/c1-9(2)12-7-11(14(17)18)8-13(16-12)15-5-6-19-10(3)4/h7-10H,5-6H2,1-4H3,(H,15,16)(H,17,18). The predicted molar refractivity (Wildman–Crippen MR) is 74.9 cm³/mol. The number of pyridine rings is 1. The van der Waals surface area contributed by atoms with E-state index in [1.54, 1.807) is 12.1 Å². The predicted octanol–water partition coefficient (Wildman–Crippen LogP) is 2.74. The van der Waals surface area contributed by atoms with Crippen LogP contribution in [-0.2, 0) is 4.74 Å². The topological polar surface area (TPSA) is 71.5 Å². The second-order valence-corrected chi connectivity index (χ2v) is 4.97. The number of hydrogen-bond acceptors (Lipinski definition) is 4. The SMILES string of the molecule is CC(C)OCCNc1cc(C(=O)O)cc(C(C)C)n1. The maximum absolute atomic E-state index is 11.1. The van der Waals surface area contributed by atoms with Crippen molar-refractivity contribution in [3.8, 4) is 0 Å². The molecule has 0 aliphatic carbocycles. The summed E-state index contributed by atoms with van der Waals surface area (Å²) in [6, 6.07) is 3.16. The van der Waals surface area contributed by atoms with Gasteiger partial charge in [0.05, 0.1) is 18.3 Å². The molecule has 2 N–H and O–H groups in total. The zero-order chi connectivity index (χ0) is 14.4. The quantitative estimate of drug-likeness (QED) is 0.742. The number of anilines is 1. The minimum Gasteiger partial charge on any atom is -0.478 e. The van der Waals surface area contributed by atoms with E-state index in [9.17, 15) is 4.79 Å². The van der Waals surface area contributed by atoms with Gasteiger partial charge in [-0.1, -0.05) is 13.8 Å². The third-order valence-corrected chi connectivity index (χ3v) is 2.54. The summed E-state index contributed by atoms with van der Waals surface area (Å²) in [5, 5.41) is 12.2. The first-order chi connectivity index (χ1) is 8.90. The van der Waals surface area contributed by atoms with Gasteiger partial charge >= 0.3 is 5.97 Å². The molecule has 5 heteroatoms. The lowest BCUT2D eigenvalue weighted by Crippen LogP contribution is -2.15. The Kier molecular flexibility index (Phi) is 5.76. The highest BCUT2D eigenvalue weighted by molar-refractivity contribution is 5.88. The Hall–Kier alpha value is -1.62. The average molecular weight is 266 g/mol. The van der Waals surface area contributed by atoms with Crippen LogP contribution < -0.4 is 5.32 Å². The van der Waals surface area contributed by atoms with Crippen molar-refractivity contribution >= 4 is 11.8 Å². The molecule has 0 aliphatic heterocycles. The van der Waals surface area contributed by atoms with Gasteiger partial charge in [-0.25, -0.2) is 9.78 Å². The van der Waals surface area contributed by atoms with Crippen LogP contribution in [0.5, 0.6) is 0 Å². The van der Waals surface area contributed by atoms with E-state index in [-0.39, 0.29) is 17.6 Å². The van der Waals surface area contributed by atoms with E-state index in [4.69, 9.17) is 9.84 Å². The lowest BCUT2D eigenvalue weighted by molar-refractivity contribution is 0.0696. The molecule has 0 amide bonds. The van der Waals surface area contributed by atoms with E-state index in [1.165, 1.54) is 0 Å². The summed E-state index contributed by atoms with van der Waals surface area (Å²) >= 11 is 0. The number of rotatable bonds is 7. The highest BCUT2D eigenvalue weighted by atomic mass is 16.5. The van der Waals surface area contributed by atoms with Crippen LogP contribution in [0.3, 0.4) is 0 Å². The number of carbonyl (C=O) groups is 1. The lowest BCUT2D eigenvalue weighted by Gasteiger charge is -2.12. The highest BCUT2D eigenvalue weighted by Gasteiger charge is 2.10. The molecule has 1 rings (SSSR count). The van der Waals surface area contributed by atoms with Gasteiger partial charge in [-0.05, 0) is 31.9 Å². The molecule has 5 nitrogen and oxygen atoms in total. The van der Waals surface area contributed by atoms with Gasteiger partial charge < -0.3 is 15.2 Å². The zero-order valence-corrected chi connectivity index (χ0v) is 11.9. The Morgan fingerprint density at radius 2 is 2.05 bits per heavy atom. The summed E-state index contributed by atoms with van der Waals surface area (Å²) in [6.45, 7) is 9.08. The summed E-state index contributed by atoms with van der Waals surface area (Å²) < 4.78 is 5.41. The summed E-state index contributed by atoms with van der Waals surface area (Å²) in [5.74, 6) is -0.173. The van der Waals surface area contributed by atoms with E-state index >= 15 is 0 Å².